The minimum atomic E-state index is -0.905. The predicted octanol–water partition coefficient (Wildman–Crippen LogP) is 2.93. The molecule has 1 unspecified atom stereocenters. The first-order chi connectivity index (χ1) is 10.00. The molecular formula is C16H20ClN3O. The predicted molar refractivity (Wildman–Crippen MR) is 84.3 cm³/mol. The summed E-state index contributed by atoms with van der Waals surface area (Å²) in [4.78, 5) is 16.5. The van der Waals surface area contributed by atoms with E-state index >= 15 is 0 Å². The van der Waals surface area contributed by atoms with E-state index in [-0.39, 0.29) is 5.91 Å². The lowest BCUT2D eigenvalue weighted by Crippen LogP contribution is -2.52. The third kappa shape index (κ3) is 3.30. The summed E-state index contributed by atoms with van der Waals surface area (Å²) >= 11 is 6.01. The largest absolute Gasteiger partial charge is 0.368 e. The molecule has 1 fully saturated rings. The lowest BCUT2D eigenvalue weighted by molar-refractivity contribution is -0.138. The van der Waals surface area contributed by atoms with Crippen molar-refractivity contribution in [1.82, 2.24) is 4.90 Å². The Balaban J connectivity index is 2.01. The molecule has 1 amide bonds. The summed E-state index contributed by atoms with van der Waals surface area (Å²) in [5, 5.41) is 9.94. The first kappa shape index (κ1) is 15.7. The van der Waals surface area contributed by atoms with E-state index in [9.17, 15) is 10.1 Å². The fraction of sp³-hybridized carbons (Fsp3) is 0.500. The van der Waals surface area contributed by atoms with Crippen LogP contribution in [0.15, 0.2) is 24.3 Å². The summed E-state index contributed by atoms with van der Waals surface area (Å²) in [5.74, 6) is -0.0572. The normalized spacial score (nSPS) is 18.0. The molecule has 1 atom stereocenters. The van der Waals surface area contributed by atoms with Gasteiger partial charge < -0.3 is 9.80 Å². The van der Waals surface area contributed by atoms with Crippen LogP contribution in [0.3, 0.4) is 0 Å². The second-order valence-electron chi connectivity index (χ2n) is 5.56. The second kappa shape index (κ2) is 6.36. The Bertz CT molecular complexity index is 561. The minimum absolute atomic E-state index is 0.0572. The number of nitrogens with zero attached hydrogens (tertiary/aromatic N) is 3. The quantitative estimate of drug-likeness (QED) is 0.862. The molecule has 0 radical (unpaired) electrons. The van der Waals surface area contributed by atoms with Crippen LogP contribution in [0.25, 0.3) is 0 Å². The van der Waals surface area contributed by atoms with Crippen LogP contribution in [0.1, 0.15) is 20.3 Å². The van der Waals surface area contributed by atoms with Gasteiger partial charge >= 0.3 is 0 Å². The van der Waals surface area contributed by atoms with Gasteiger partial charge in [-0.15, -0.1) is 0 Å². The van der Waals surface area contributed by atoms with Crippen LogP contribution in [0.5, 0.6) is 0 Å². The number of nitriles is 1. The van der Waals surface area contributed by atoms with Gasteiger partial charge in [0.2, 0.25) is 5.91 Å². The summed E-state index contributed by atoms with van der Waals surface area (Å²) < 4.78 is 0. The highest BCUT2D eigenvalue weighted by Crippen LogP contribution is 2.25. The number of rotatable bonds is 3. The highest BCUT2D eigenvalue weighted by atomic mass is 35.5. The molecule has 0 N–H and O–H groups in total. The smallest absolute Gasteiger partial charge is 0.242 e. The van der Waals surface area contributed by atoms with Gasteiger partial charge in [0.25, 0.3) is 0 Å². The van der Waals surface area contributed by atoms with E-state index in [2.05, 4.69) is 11.0 Å². The van der Waals surface area contributed by atoms with Crippen molar-refractivity contribution in [2.75, 3.05) is 31.1 Å². The third-order valence-corrected chi connectivity index (χ3v) is 4.40. The molecule has 1 aromatic carbocycles. The van der Waals surface area contributed by atoms with Crippen molar-refractivity contribution in [1.29, 1.82) is 5.26 Å². The third-order valence-electron chi connectivity index (χ3n) is 4.17. The Labute approximate surface area is 130 Å². The van der Waals surface area contributed by atoms with E-state index in [0.717, 1.165) is 18.8 Å². The number of amides is 1. The SMILES string of the molecule is CCC(C)(C#N)C(=O)N1CCN(c2cccc(Cl)c2)CC1. The van der Waals surface area contributed by atoms with Crippen LogP contribution in [0.2, 0.25) is 5.02 Å². The second-order valence-corrected chi connectivity index (χ2v) is 5.99. The zero-order valence-electron chi connectivity index (χ0n) is 12.5. The monoisotopic (exact) mass is 305 g/mol. The van der Waals surface area contributed by atoms with Crippen LogP contribution in [0.4, 0.5) is 5.69 Å². The highest BCUT2D eigenvalue weighted by molar-refractivity contribution is 6.30. The molecule has 1 saturated heterocycles. The van der Waals surface area contributed by atoms with E-state index in [1.165, 1.54) is 0 Å². The molecule has 112 valence electrons. The van der Waals surface area contributed by atoms with Crippen molar-refractivity contribution < 1.29 is 4.79 Å². The van der Waals surface area contributed by atoms with Crippen LogP contribution in [0, 0.1) is 16.7 Å². The van der Waals surface area contributed by atoms with Gasteiger partial charge in [-0.1, -0.05) is 24.6 Å². The Morgan fingerprint density at radius 1 is 1.38 bits per heavy atom. The summed E-state index contributed by atoms with van der Waals surface area (Å²) in [6.07, 6.45) is 0.539. The molecule has 2 rings (SSSR count). The molecule has 1 aliphatic rings. The first-order valence-corrected chi connectivity index (χ1v) is 7.59. The zero-order valence-corrected chi connectivity index (χ0v) is 13.2. The molecular weight excluding hydrogens is 286 g/mol. The number of piperazine rings is 1. The number of halogens is 1. The lowest BCUT2D eigenvalue weighted by atomic mass is 9.87. The van der Waals surface area contributed by atoms with E-state index in [0.29, 0.717) is 24.5 Å². The number of benzene rings is 1. The molecule has 1 aliphatic heterocycles. The molecule has 1 aromatic rings. The lowest BCUT2D eigenvalue weighted by Gasteiger charge is -2.38. The molecule has 21 heavy (non-hydrogen) atoms. The Kier molecular flexibility index (Phi) is 4.74. The number of carbonyl (C=O) groups is 1. The molecule has 0 spiro atoms. The van der Waals surface area contributed by atoms with Crippen molar-refractivity contribution in [3.05, 3.63) is 29.3 Å². The molecule has 0 aliphatic carbocycles. The minimum Gasteiger partial charge on any atom is -0.368 e. The van der Waals surface area contributed by atoms with Gasteiger partial charge in [-0.25, -0.2) is 0 Å². The molecule has 5 heteroatoms. The van der Waals surface area contributed by atoms with Gasteiger partial charge in [-0.3, -0.25) is 4.79 Å². The van der Waals surface area contributed by atoms with Gasteiger partial charge in [0.05, 0.1) is 6.07 Å². The molecule has 4 nitrogen and oxygen atoms in total. The molecule has 1 heterocycles. The van der Waals surface area contributed by atoms with Crippen molar-refractivity contribution in [3.8, 4) is 6.07 Å². The average molecular weight is 306 g/mol. The maximum absolute atomic E-state index is 12.4. The van der Waals surface area contributed by atoms with Gasteiger partial charge in [0.15, 0.2) is 0 Å². The van der Waals surface area contributed by atoms with Crippen molar-refractivity contribution in [3.63, 3.8) is 0 Å². The fourth-order valence-electron chi connectivity index (χ4n) is 2.47. The molecule has 0 saturated carbocycles. The van der Waals surface area contributed by atoms with Gasteiger partial charge in [0.1, 0.15) is 5.41 Å². The zero-order chi connectivity index (χ0) is 15.5. The summed E-state index contributed by atoms with van der Waals surface area (Å²) in [5.41, 5.74) is 0.172. The van der Waals surface area contributed by atoms with E-state index in [1.807, 2.05) is 31.2 Å². The van der Waals surface area contributed by atoms with Crippen LogP contribution in [-0.2, 0) is 4.79 Å². The van der Waals surface area contributed by atoms with Crippen molar-refractivity contribution in [2.24, 2.45) is 5.41 Å². The van der Waals surface area contributed by atoms with Crippen molar-refractivity contribution in [2.45, 2.75) is 20.3 Å². The van der Waals surface area contributed by atoms with Gasteiger partial charge in [0, 0.05) is 36.9 Å². The maximum Gasteiger partial charge on any atom is 0.242 e. The van der Waals surface area contributed by atoms with Crippen LogP contribution >= 0.6 is 11.6 Å². The molecule has 0 bridgehead atoms. The van der Waals surface area contributed by atoms with E-state index in [1.54, 1.807) is 11.8 Å². The van der Waals surface area contributed by atoms with E-state index < -0.39 is 5.41 Å². The molecule has 0 aromatic heterocycles. The maximum atomic E-state index is 12.4. The van der Waals surface area contributed by atoms with Crippen LogP contribution in [-0.4, -0.2) is 37.0 Å². The Morgan fingerprint density at radius 3 is 2.57 bits per heavy atom. The number of carbonyl (C=O) groups excluding carboxylic acids is 1. The number of hydrogen-bond donors (Lipinski definition) is 0. The first-order valence-electron chi connectivity index (χ1n) is 7.21. The fourth-order valence-corrected chi connectivity index (χ4v) is 2.65. The number of hydrogen-bond acceptors (Lipinski definition) is 3. The Morgan fingerprint density at radius 2 is 2.05 bits per heavy atom. The van der Waals surface area contributed by atoms with Crippen molar-refractivity contribution >= 4 is 23.2 Å². The standard InChI is InChI=1S/C16H20ClN3O/c1-3-16(2,12-18)15(21)20-9-7-19(8-10-20)14-6-4-5-13(17)11-14/h4-6,11H,3,7-10H2,1-2H3. The van der Waals surface area contributed by atoms with Gasteiger partial charge in [-0.05, 0) is 31.5 Å². The Hall–Kier alpha value is -1.73. The highest BCUT2D eigenvalue weighted by Gasteiger charge is 2.36. The van der Waals surface area contributed by atoms with Gasteiger partial charge in [-0.2, -0.15) is 5.26 Å². The van der Waals surface area contributed by atoms with Crippen LogP contribution < -0.4 is 4.90 Å². The summed E-state index contributed by atoms with van der Waals surface area (Å²) in [6.45, 7) is 6.40. The summed E-state index contributed by atoms with van der Waals surface area (Å²) in [6, 6.07) is 9.89. The topological polar surface area (TPSA) is 47.3 Å². The summed E-state index contributed by atoms with van der Waals surface area (Å²) in [7, 11) is 0. The van der Waals surface area contributed by atoms with E-state index in [4.69, 9.17) is 11.6 Å². The average Bonchev–Trinajstić information content (AvgIpc) is 2.53. The number of anilines is 1.